The normalized spacial score (nSPS) is 17.9. The van der Waals surface area contributed by atoms with E-state index in [1.807, 2.05) is 43.2 Å². The maximum atomic E-state index is 13.8. The fraction of sp³-hybridized carbons (Fsp3) is 0.481. The van der Waals surface area contributed by atoms with Crippen molar-refractivity contribution in [2.75, 3.05) is 41.3 Å². The van der Waals surface area contributed by atoms with E-state index in [0.717, 1.165) is 28.9 Å². The van der Waals surface area contributed by atoms with Crippen molar-refractivity contribution in [2.24, 2.45) is 0 Å². The van der Waals surface area contributed by atoms with E-state index in [9.17, 15) is 14.7 Å². The number of hydrogen-bond acceptors (Lipinski definition) is 6. The van der Waals surface area contributed by atoms with Gasteiger partial charge in [0, 0.05) is 34.1 Å². The van der Waals surface area contributed by atoms with Crippen LogP contribution in [0.1, 0.15) is 30.5 Å². The highest BCUT2D eigenvalue weighted by atomic mass is 16.5. The molecule has 1 aliphatic rings. The number of aryl methyl sites for hydroxylation is 1. The molecule has 1 heterocycles. The lowest BCUT2D eigenvalue weighted by molar-refractivity contribution is -0.176. The number of likely N-dealkylation sites (N-methyl/N-ethyl adjacent to an activating group) is 2. The molecule has 2 atom stereocenters. The van der Waals surface area contributed by atoms with Gasteiger partial charge in [0.05, 0.1) is 19.8 Å². The third-order valence-corrected chi connectivity index (χ3v) is 6.96. The molecule has 0 saturated carbocycles. The highest BCUT2D eigenvalue weighted by Gasteiger charge is 2.40. The smallest absolute Gasteiger partial charge is 0.245 e. The summed E-state index contributed by atoms with van der Waals surface area (Å²) in [6.07, 6.45) is 1.68. The average molecular weight is 483 g/mol. The van der Waals surface area contributed by atoms with Crippen LogP contribution in [0.5, 0.6) is 11.5 Å². The molecule has 1 fully saturated rings. The summed E-state index contributed by atoms with van der Waals surface area (Å²) in [6, 6.07) is 12.3. The quantitative estimate of drug-likeness (QED) is 0.592. The maximum Gasteiger partial charge on any atom is 0.245 e. The Hall–Kier alpha value is -3.10. The summed E-state index contributed by atoms with van der Waals surface area (Å²) in [5.41, 5.74) is 3.17. The van der Waals surface area contributed by atoms with Crippen LogP contribution in [0.4, 0.5) is 0 Å². The molecule has 2 aromatic rings. The van der Waals surface area contributed by atoms with E-state index < -0.39 is 6.04 Å². The molecule has 8 nitrogen and oxygen atoms in total. The zero-order valence-electron chi connectivity index (χ0n) is 21.7. The predicted octanol–water partition coefficient (Wildman–Crippen LogP) is 2.54. The average Bonchev–Trinajstić information content (AvgIpc) is 2.85. The van der Waals surface area contributed by atoms with Crippen molar-refractivity contribution in [3.05, 3.63) is 59.2 Å². The predicted molar refractivity (Wildman–Crippen MR) is 136 cm³/mol. The minimum absolute atomic E-state index is 0.0774. The van der Waals surface area contributed by atoms with E-state index in [2.05, 4.69) is 13.0 Å². The van der Waals surface area contributed by atoms with E-state index >= 15 is 0 Å². The molecule has 0 spiro atoms. The summed E-state index contributed by atoms with van der Waals surface area (Å²) in [5, 5.41) is 13.5. The third-order valence-electron chi connectivity index (χ3n) is 6.96. The molecule has 0 aliphatic carbocycles. The maximum absolute atomic E-state index is 13.8. The van der Waals surface area contributed by atoms with Crippen molar-refractivity contribution in [3.63, 3.8) is 0 Å². The second kappa shape index (κ2) is 11.6. The van der Waals surface area contributed by atoms with Crippen LogP contribution in [0.15, 0.2) is 42.5 Å². The monoisotopic (exact) mass is 482 g/mol. The molecule has 1 N–H and O–H groups in total. The first-order valence-corrected chi connectivity index (χ1v) is 12.1. The minimum Gasteiger partial charge on any atom is -0.508 e. The Balaban J connectivity index is 1.81. The topological polar surface area (TPSA) is 76.6 Å². The van der Waals surface area contributed by atoms with Gasteiger partial charge in [-0.3, -0.25) is 9.59 Å². The molecule has 0 bridgehead atoms. The van der Waals surface area contributed by atoms with Crippen LogP contribution in [0.2, 0.25) is 0 Å². The number of nitrogens with zero attached hydrogens (tertiary/aromatic N) is 4. The highest BCUT2D eigenvalue weighted by Crippen LogP contribution is 2.23. The Labute approximate surface area is 208 Å². The number of methoxy groups -OCH3 is 1. The van der Waals surface area contributed by atoms with E-state index in [0.29, 0.717) is 19.4 Å². The molecule has 3 rings (SSSR count). The Morgan fingerprint density at radius 3 is 2.46 bits per heavy atom. The van der Waals surface area contributed by atoms with Crippen molar-refractivity contribution in [1.82, 2.24) is 19.8 Å². The van der Waals surface area contributed by atoms with Crippen molar-refractivity contribution >= 4 is 11.8 Å². The third kappa shape index (κ3) is 6.13. The highest BCUT2D eigenvalue weighted by molar-refractivity contribution is 5.89. The van der Waals surface area contributed by atoms with Crippen LogP contribution in [0, 0.1) is 0 Å². The number of phenols is 1. The second-order valence-corrected chi connectivity index (χ2v) is 9.22. The first-order chi connectivity index (χ1) is 16.7. The van der Waals surface area contributed by atoms with E-state index in [-0.39, 0.29) is 30.3 Å². The van der Waals surface area contributed by atoms with Gasteiger partial charge < -0.3 is 19.6 Å². The molecule has 2 unspecified atom stereocenters. The number of ether oxygens (including phenoxy) is 1. The zero-order chi connectivity index (χ0) is 25.7. The number of hydrogen-bond donors (Lipinski definition) is 1. The summed E-state index contributed by atoms with van der Waals surface area (Å²) in [5.74, 6) is 0.872. The molecule has 1 saturated heterocycles. The lowest BCUT2D eigenvalue weighted by Crippen LogP contribution is -2.66. The van der Waals surface area contributed by atoms with Gasteiger partial charge in [0.15, 0.2) is 0 Å². The number of amides is 2. The van der Waals surface area contributed by atoms with Crippen LogP contribution in [0.3, 0.4) is 0 Å². The van der Waals surface area contributed by atoms with Crippen LogP contribution < -0.4 is 4.74 Å². The summed E-state index contributed by atoms with van der Waals surface area (Å²) < 4.78 is 5.43. The van der Waals surface area contributed by atoms with Crippen molar-refractivity contribution in [3.8, 4) is 11.5 Å². The zero-order valence-corrected chi connectivity index (χ0v) is 21.7. The number of benzene rings is 2. The lowest BCUT2D eigenvalue weighted by atomic mass is 10.0. The molecule has 1 aliphatic heterocycles. The number of aromatic hydroxyl groups is 1. The van der Waals surface area contributed by atoms with Gasteiger partial charge in [0.2, 0.25) is 11.8 Å². The van der Waals surface area contributed by atoms with Crippen molar-refractivity contribution in [2.45, 2.75) is 45.3 Å². The Bertz CT molecular complexity index is 1030. The molecular formula is C27H38N4O4. The van der Waals surface area contributed by atoms with E-state index in [4.69, 9.17) is 4.74 Å². The molecule has 0 radical (unpaired) electrons. The summed E-state index contributed by atoms with van der Waals surface area (Å²) >= 11 is 0. The molecule has 190 valence electrons. The summed E-state index contributed by atoms with van der Waals surface area (Å²) in [6.45, 7) is 4.78. The molecule has 2 amide bonds. The minimum atomic E-state index is -0.648. The van der Waals surface area contributed by atoms with Gasteiger partial charge in [-0.25, -0.2) is 10.0 Å². The van der Waals surface area contributed by atoms with Crippen LogP contribution >= 0.6 is 0 Å². The SMILES string of the molecule is CCc1cc(CCN(C)C(=O)C(Cc2ccc(O)cc2)N2C(=O)CN(C)N(C)C2C)ccc1OC. The Morgan fingerprint density at radius 2 is 1.83 bits per heavy atom. The molecule has 35 heavy (non-hydrogen) atoms. The van der Waals surface area contributed by atoms with Gasteiger partial charge in [0.1, 0.15) is 17.5 Å². The molecular weight excluding hydrogens is 444 g/mol. The van der Waals surface area contributed by atoms with Crippen LogP contribution in [0.25, 0.3) is 0 Å². The molecule has 2 aromatic carbocycles. The summed E-state index contributed by atoms with van der Waals surface area (Å²) in [7, 11) is 7.26. The number of carbonyl (C=O) groups excluding carboxylic acids is 2. The van der Waals surface area contributed by atoms with Gasteiger partial charge in [-0.15, -0.1) is 0 Å². The van der Waals surface area contributed by atoms with Crippen LogP contribution in [-0.2, 0) is 28.9 Å². The number of hydrazine groups is 1. The fourth-order valence-electron chi connectivity index (χ4n) is 4.58. The Morgan fingerprint density at radius 1 is 1.17 bits per heavy atom. The number of rotatable bonds is 9. The van der Waals surface area contributed by atoms with Gasteiger partial charge >= 0.3 is 0 Å². The second-order valence-electron chi connectivity index (χ2n) is 9.22. The fourth-order valence-corrected chi connectivity index (χ4v) is 4.58. The number of carbonyl (C=O) groups is 2. The standard InChI is InChI=1S/C27H38N4O4/c1-7-22-16-21(10-13-25(22)35-6)14-15-28(3)27(34)24(17-20-8-11-23(32)12-9-20)31-19(2)30(5)29(4)18-26(31)33/h8-13,16,19,24,32H,7,14-15,17-18H2,1-6H3. The van der Waals surface area contributed by atoms with Gasteiger partial charge in [0.25, 0.3) is 0 Å². The first kappa shape index (κ1) is 26.5. The van der Waals surface area contributed by atoms with Gasteiger partial charge in [-0.2, -0.15) is 0 Å². The van der Waals surface area contributed by atoms with Crippen LogP contribution in [-0.4, -0.2) is 90.3 Å². The lowest BCUT2D eigenvalue weighted by Gasteiger charge is -2.48. The van der Waals surface area contributed by atoms with Crippen molar-refractivity contribution in [1.29, 1.82) is 0 Å². The first-order valence-electron chi connectivity index (χ1n) is 12.1. The molecule has 8 heteroatoms. The van der Waals surface area contributed by atoms with Crippen molar-refractivity contribution < 1.29 is 19.4 Å². The number of phenolic OH excluding ortho intramolecular Hbond substituents is 1. The molecule has 0 aromatic heterocycles. The Kier molecular flexibility index (Phi) is 8.75. The van der Waals surface area contributed by atoms with Gasteiger partial charge in [-0.05, 0) is 54.7 Å². The summed E-state index contributed by atoms with van der Waals surface area (Å²) in [4.78, 5) is 30.3. The van der Waals surface area contributed by atoms with Gasteiger partial charge in [-0.1, -0.05) is 31.2 Å². The van der Waals surface area contributed by atoms with E-state index in [1.54, 1.807) is 48.2 Å². The van der Waals surface area contributed by atoms with E-state index in [1.165, 1.54) is 0 Å². The largest absolute Gasteiger partial charge is 0.508 e.